The Hall–Kier alpha value is -2.43. The van der Waals surface area contributed by atoms with Gasteiger partial charge in [0.2, 0.25) is 5.91 Å². The third-order valence-electron chi connectivity index (χ3n) is 4.19. The molecule has 0 aliphatic heterocycles. The molecule has 0 radical (unpaired) electrons. The highest BCUT2D eigenvalue weighted by Crippen LogP contribution is 2.17. The van der Waals surface area contributed by atoms with Crippen LogP contribution < -0.4 is 10.9 Å². The number of fused-ring (bicyclic) bond motifs is 1. The van der Waals surface area contributed by atoms with Crippen LogP contribution in [0.4, 0.5) is 5.69 Å². The molecule has 0 saturated heterocycles. The zero-order valence-electron chi connectivity index (χ0n) is 13.8. The van der Waals surface area contributed by atoms with E-state index in [9.17, 15) is 9.59 Å². The molecular weight excluding hydrogens is 290 g/mol. The van der Waals surface area contributed by atoms with E-state index in [0.29, 0.717) is 5.82 Å². The van der Waals surface area contributed by atoms with Gasteiger partial charge in [-0.1, -0.05) is 6.07 Å². The van der Waals surface area contributed by atoms with Crippen LogP contribution in [0.3, 0.4) is 0 Å². The van der Waals surface area contributed by atoms with Gasteiger partial charge in [-0.25, -0.2) is 4.98 Å². The van der Waals surface area contributed by atoms with Gasteiger partial charge in [-0.15, -0.1) is 0 Å². The number of benzene rings is 1. The molecule has 1 N–H and O–H groups in total. The molecule has 120 valence electrons. The van der Waals surface area contributed by atoms with E-state index < -0.39 is 0 Å². The molecule has 1 amide bonds. The lowest BCUT2D eigenvalue weighted by atomic mass is 10.1. The largest absolute Gasteiger partial charge is 0.325 e. The maximum absolute atomic E-state index is 12.5. The number of aromatic nitrogens is 2. The SMILES string of the molecule is Cc1cc(C)cc(NC(=O)Cn2c(C)nc3c(c2=O)CCC3)c1. The molecule has 1 aliphatic carbocycles. The third-order valence-corrected chi connectivity index (χ3v) is 4.19. The number of amides is 1. The molecule has 0 atom stereocenters. The van der Waals surface area contributed by atoms with Crippen molar-refractivity contribution in [1.29, 1.82) is 0 Å². The zero-order valence-corrected chi connectivity index (χ0v) is 13.8. The number of anilines is 1. The first-order valence-corrected chi connectivity index (χ1v) is 7.91. The van der Waals surface area contributed by atoms with E-state index in [4.69, 9.17) is 0 Å². The normalized spacial score (nSPS) is 13.0. The summed E-state index contributed by atoms with van der Waals surface area (Å²) in [4.78, 5) is 29.3. The zero-order chi connectivity index (χ0) is 16.6. The molecule has 0 spiro atoms. The summed E-state index contributed by atoms with van der Waals surface area (Å²) in [7, 11) is 0. The highest BCUT2D eigenvalue weighted by molar-refractivity contribution is 5.90. The van der Waals surface area contributed by atoms with Crippen molar-refractivity contribution in [2.45, 2.75) is 46.6 Å². The molecule has 23 heavy (non-hydrogen) atoms. The van der Waals surface area contributed by atoms with E-state index in [2.05, 4.69) is 16.4 Å². The quantitative estimate of drug-likeness (QED) is 0.946. The monoisotopic (exact) mass is 311 g/mol. The van der Waals surface area contributed by atoms with E-state index in [1.807, 2.05) is 26.0 Å². The number of nitrogens with one attached hydrogen (secondary N) is 1. The molecule has 5 nitrogen and oxygen atoms in total. The van der Waals surface area contributed by atoms with Crippen LogP contribution in [-0.4, -0.2) is 15.5 Å². The molecule has 0 fully saturated rings. The molecule has 2 aromatic rings. The Morgan fingerprint density at radius 2 is 1.87 bits per heavy atom. The number of nitrogens with zero attached hydrogens (tertiary/aromatic N) is 2. The predicted molar refractivity (Wildman–Crippen MR) is 89.8 cm³/mol. The highest BCUT2D eigenvalue weighted by atomic mass is 16.2. The molecule has 5 heteroatoms. The Kier molecular flexibility index (Phi) is 4.03. The van der Waals surface area contributed by atoms with Gasteiger partial charge in [-0.3, -0.25) is 14.2 Å². The van der Waals surface area contributed by atoms with E-state index in [0.717, 1.165) is 47.3 Å². The minimum atomic E-state index is -0.208. The molecule has 1 heterocycles. The Morgan fingerprint density at radius 1 is 1.17 bits per heavy atom. The standard InChI is InChI=1S/C18H21N3O2/c1-11-7-12(2)9-14(8-11)20-17(22)10-21-13(3)19-16-6-4-5-15(16)18(21)23/h7-9H,4-6,10H2,1-3H3,(H,20,22). The molecule has 0 bridgehead atoms. The molecule has 1 aliphatic rings. The minimum Gasteiger partial charge on any atom is -0.325 e. The van der Waals surface area contributed by atoms with Gasteiger partial charge in [0.1, 0.15) is 12.4 Å². The Morgan fingerprint density at radius 3 is 2.57 bits per heavy atom. The number of hydrogen-bond acceptors (Lipinski definition) is 3. The fraction of sp³-hybridized carbons (Fsp3) is 0.389. The van der Waals surface area contributed by atoms with Crippen LogP contribution in [0, 0.1) is 20.8 Å². The number of carbonyl (C=O) groups is 1. The van der Waals surface area contributed by atoms with Gasteiger partial charge in [-0.05, 0) is 63.3 Å². The van der Waals surface area contributed by atoms with Crippen molar-refractivity contribution in [3.63, 3.8) is 0 Å². The van der Waals surface area contributed by atoms with Crippen LogP contribution in [0.25, 0.3) is 0 Å². The van der Waals surface area contributed by atoms with Gasteiger partial charge >= 0.3 is 0 Å². The summed E-state index contributed by atoms with van der Waals surface area (Å²) in [5.74, 6) is 0.395. The highest BCUT2D eigenvalue weighted by Gasteiger charge is 2.20. The first-order valence-electron chi connectivity index (χ1n) is 7.91. The van der Waals surface area contributed by atoms with Crippen LogP contribution in [0.1, 0.15) is 34.6 Å². The summed E-state index contributed by atoms with van der Waals surface area (Å²) in [5.41, 5.74) is 4.54. The van der Waals surface area contributed by atoms with E-state index in [1.165, 1.54) is 4.57 Å². The average molecular weight is 311 g/mol. The number of carbonyl (C=O) groups excluding carboxylic acids is 1. The summed E-state index contributed by atoms with van der Waals surface area (Å²) in [5, 5.41) is 2.87. The van der Waals surface area contributed by atoms with Crippen LogP contribution >= 0.6 is 0 Å². The van der Waals surface area contributed by atoms with E-state index >= 15 is 0 Å². The van der Waals surface area contributed by atoms with Crippen LogP contribution in [0.2, 0.25) is 0 Å². The van der Waals surface area contributed by atoms with Gasteiger partial charge in [0.15, 0.2) is 0 Å². The Balaban J connectivity index is 1.82. The second kappa shape index (κ2) is 5.99. The second-order valence-electron chi connectivity index (χ2n) is 6.25. The lowest BCUT2D eigenvalue weighted by Gasteiger charge is -2.12. The molecule has 1 aromatic carbocycles. The van der Waals surface area contributed by atoms with Crippen molar-refractivity contribution < 1.29 is 4.79 Å². The van der Waals surface area contributed by atoms with Crippen molar-refractivity contribution in [1.82, 2.24) is 9.55 Å². The van der Waals surface area contributed by atoms with Gasteiger partial charge < -0.3 is 5.32 Å². The molecular formula is C18H21N3O2. The first kappa shape index (κ1) is 15.5. The lowest BCUT2D eigenvalue weighted by molar-refractivity contribution is -0.116. The third kappa shape index (κ3) is 3.18. The Labute approximate surface area is 135 Å². The summed E-state index contributed by atoms with van der Waals surface area (Å²) in [6.45, 7) is 5.76. The molecule has 3 rings (SSSR count). The summed E-state index contributed by atoms with van der Waals surface area (Å²) in [6.07, 6.45) is 2.59. The van der Waals surface area contributed by atoms with Crippen LogP contribution in [0.15, 0.2) is 23.0 Å². The van der Waals surface area contributed by atoms with Gasteiger partial charge in [0.05, 0.1) is 5.69 Å². The number of hydrogen-bond donors (Lipinski definition) is 1. The summed E-state index contributed by atoms with van der Waals surface area (Å²) >= 11 is 0. The van der Waals surface area contributed by atoms with Gasteiger partial charge in [0, 0.05) is 11.3 Å². The maximum atomic E-state index is 12.5. The van der Waals surface area contributed by atoms with Crippen molar-refractivity contribution in [2.75, 3.05) is 5.32 Å². The number of rotatable bonds is 3. The fourth-order valence-corrected chi connectivity index (χ4v) is 3.22. The summed E-state index contributed by atoms with van der Waals surface area (Å²) in [6, 6.07) is 5.89. The van der Waals surface area contributed by atoms with Crippen molar-refractivity contribution in [2.24, 2.45) is 0 Å². The predicted octanol–water partition coefficient (Wildman–Crippen LogP) is 2.30. The smallest absolute Gasteiger partial charge is 0.257 e. The Bertz CT molecular complexity index is 817. The minimum absolute atomic E-state index is 0.00205. The van der Waals surface area contributed by atoms with Crippen molar-refractivity contribution in [3.05, 3.63) is 56.8 Å². The van der Waals surface area contributed by atoms with Crippen LogP contribution in [0.5, 0.6) is 0 Å². The maximum Gasteiger partial charge on any atom is 0.257 e. The lowest BCUT2D eigenvalue weighted by Crippen LogP contribution is -2.32. The molecule has 1 aromatic heterocycles. The van der Waals surface area contributed by atoms with Gasteiger partial charge in [-0.2, -0.15) is 0 Å². The topological polar surface area (TPSA) is 64.0 Å². The fourth-order valence-electron chi connectivity index (χ4n) is 3.22. The molecule has 0 saturated carbocycles. The van der Waals surface area contributed by atoms with E-state index in [-0.39, 0.29) is 18.0 Å². The van der Waals surface area contributed by atoms with Gasteiger partial charge in [0.25, 0.3) is 5.56 Å². The van der Waals surface area contributed by atoms with Crippen LogP contribution in [-0.2, 0) is 24.2 Å². The average Bonchev–Trinajstić information content (AvgIpc) is 2.90. The summed E-state index contributed by atoms with van der Waals surface area (Å²) < 4.78 is 1.47. The number of aryl methyl sites for hydroxylation is 4. The molecule has 0 unspecified atom stereocenters. The van der Waals surface area contributed by atoms with Crippen molar-refractivity contribution >= 4 is 11.6 Å². The second-order valence-corrected chi connectivity index (χ2v) is 6.25. The van der Waals surface area contributed by atoms with E-state index in [1.54, 1.807) is 6.92 Å². The van der Waals surface area contributed by atoms with Crippen molar-refractivity contribution in [3.8, 4) is 0 Å². The first-order chi connectivity index (χ1) is 10.9.